The summed E-state index contributed by atoms with van der Waals surface area (Å²) in [5, 5.41) is 10.5. The number of aromatic nitrogens is 1. The van der Waals surface area contributed by atoms with E-state index in [2.05, 4.69) is 18.0 Å². The Kier molecular flexibility index (Phi) is 3.79. The van der Waals surface area contributed by atoms with Gasteiger partial charge in [0.1, 0.15) is 0 Å². The Morgan fingerprint density at radius 3 is 2.88 bits per heavy atom. The molecule has 2 rings (SSSR count). The van der Waals surface area contributed by atoms with Gasteiger partial charge in [-0.05, 0) is 31.4 Å². The highest BCUT2D eigenvalue weighted by molar-refractivity contribution is 5.15. The van der Waals surface area contributed by atoms with Crippen molar-refractivity contribution in [1.29, 1.82) is 0 Å². The lowest BCUT2D eigenvalue weighted by atomic mass is 9.84. The molecule has 0 radical (unpaired) electrons. The summed E-state index contributed by atoms with van der Waals surface area (Å²) in [6, 6.07) is 4.10. The molecule has 2 heterocycles. The van der Waals surface area contributed by atoms with Crippen LogP contribution in [0.15, 0.2) is 18.3 Å². The number of aryl methyl sites for hydroxylation is 1. The fourth-order valence-corrected chi connectivity index (χ4v) is 2.30. The van der Waals surface area contributed by atoms with Crippen molar-refractivity contribution in [2.45, 2.75) is 38.7 Å². The fourth-order valence-electron chi connectivity index (χ4n) is 2.30. The summed E-state index contributed by atoms with van der Waals surface area (Å²) in [5.74, 6) is 0.232. The molecule has 0 aliphatic carbocycles. The molecule has 94 valence electrons. The molecule has 1 aromatic heterocycles. The van der Waals surface area contributed by atoms with E-state index >= 15 is 0 Å². The first-order valence-corrected chi connectivity index (χ1v) is 6.36. The van der Waals surface area contributed by atoms with Gasteiger partial charge in [-0.15, -0.1) is 0 Å². The molecule has 1 fully saturated rings. The molecule has 0 amide bonds. The second-order valence-electron chi connectivity index (χ2n) is 5.11. The third-order valence-electron chi connectivity index (χ3n) is 3.64. The minimum absolute atomic E-state index is 0.232. The van der Waals surface area contributed by atoms with Gasteiger partial charge in [-0.1, -0.05) is 13.0 Å². The van der Waals surface area contributed by atoms with Gasteiger partial charge in [0.15, 0.2) is 0 Å². The highest BCUT2D eigenvalue weighted by atomic mass is 16.5. The molecule has 1 N–H and O–H groups in total. The van der Waals surface area contributed by atoms with Gasteiger partial charge in [0, 0.05) is 30.8 Å². The van der Waals surface area contributed by atoms with Crippen LogP contribution < -0.4 is 0 Å². The summed E-state index contributed by atoms with van der Waals surface area (Å²) in [5.41, 5.74) is 1.48. The van der Waals surface area contributed by atoms with Gasteiger partial charge in [-0.25, -0.2) is 0 Å². The first kappa shape index (κ1) is 12.5. The summed E-state index contributed by atoms with van der Waals surface area (Å²) in [7, 11) is 0. The van der Waals surface area contributed by atoms with Crippen molar-refractivity contribution in [2.75, 3.05) is 13.2 Å². The Labute approximate surface area is 103 Å². The molecule has 1 aromatic rings. The van der Waals surface area contributed by atoms with Gasteiger partial charge in [0.25, 0.3) is 0 Å². The highest BCUT2D eigenvalue weighted by Crippen LogP contribution is 2.28. The first-order valence-electron chi connectivity index (χ1n) is 6.36. The quantitative estimate of drug-likeness (QED) is 0.867. The largest absolute Gasteiger partial charge is 0.389 e. The van der Waals surface area contributed by atoms with E-state index in [1.165, 1.54) is 5.56 Å². The van der Waals surface area contributed by atoms with Gasteiger partial charge in [-0.3, -0.25) is 4.98 Å². The van der Waals surface area contributed by atoms with Crippen LogP contribution in [-0.2, 0) is 17.6 Å². The highest BCUT2D eigenvalue weighted by Gasteiger charge is 2.35. The zero-order chi connectivity index (χ0) is 12.3. The lowest BCUT2D eigenvalue weighted by Crippen LogP contribution is -2.37. The van der Waals surface area contributed by atoms with Crippen LogP contribution in [0, 0.1) is 5.92 Å². The normalized spacial score (nSPS) is 23.6. The summed E-state index contributed by atoms with van der Waals surface area (Å²) in [4.78, 5) is 4.41. The lowest BCUT2D eigenvalue weighted by Gasteiger charge is -2.28. The Balaban J connectivity index is 2.02. The van der Waals surface area contributed by atoms with Crippen molar-refractivity contribution in [3.63, 3.8) is 0 Å². The minimum Gasteiger partial charge on any atom is -0.389 e. The van der Waals surface area contributed by atoms with E-state index < -0.39 is 5.60 Å². The maximum absolute atomic E-state index is 10.5. The van der Waals surface area contributed by atoms with Crippen LogP contribution in [0.1, 0.15) is 31.5 Å². The summed E-state index contributed by atoms with van der Waals surface area (Å²) in [6.45, 7) is 5.44. The molecule has 0 aromatic carbocycles. The average Bonchev–Trinajstić information content (AvgIpc) is 2.84. The number of nitrogens with zero attached hydrogens (tertiary/aromatic N) is 1. The van der Waals surface area contributed by atoms with E-state index in [1.807, 2.05) is 19.2 Å². The smallest absolute Gasteiger partial charge is 0.0725 e. The zero-order valence-electron chi connectivity index (χ0n) is 10.6. The van der Waals surface area contributed by atoms with Crippen LogP contribution in [0.5, 0.6) is 0 Å². The third-order valence-corrected chi connectivity index (χ3v) is 3.64. The molecule has 0 saturated carbocycles. The van der Waals surface area contributed by atoms with Gasteiger partial charge in [0.2, 0.25) is 0 Å². The molecular formula is C14H21NO2. The predicted molar refractivity (Wildman–Crippen MR) is 66.9 cm³/mol. The number of hydrogen-bond donors (Lipinski definition) is 1. The van der Waals surface area contributed by atoms with Crippen LogP contribution in [-0.4, -0.2) is 28.9 Å². The number of rotatable bonds is 4. The molecule has 17 heavy (non-hydrogen) atoms. The van der Waals surface area contributed by atoms with Crippen molar-refractivity contribution < 1.29 is 9.84 Å². The van der Waals surface area contributed by atoms with Crippen molar-refractivity contribution in [2.24, 2.45) is 5.92 Å². The van der Waals surface area contributed by atoms with E-state index in [9.17, 15) is 5.11 Å². The van der Waals surface area contributed by atoms with E-state index in [1.54, 1.807) is 0 Å². The molecule has 0 bridgehead atoms. The SMILES string of the molecule is CCc1ccc(CC(C)(O)C2CCOC2)nc1. The van der Waals surface area contributed by atoms with E-state index in [0.717, 1.165) is 25.1 Å². The molecule has 1 aliphatic heterocycles. The maximum Gasteiger partial charge on any atom is 0.0725 e. The summed E-state index contributed by atoms with van der Waals surface area (Å²) >= 11 is 0. The van der Waals surface area contributed by atoms with Crippen LogP contribution in [0.2, 0.25) is 0 Å². The first-order chi connectivity index (χ1) is 8.12. The van der Waals surface area contributed by atoms with Crippen molar-refractivity contribution in [3.8, 4) is 0 Å². The van der Waals surface area contributed by atoms with Gasteiger partial charge in [0.05, 0.1) is 12.2 Å². The molecule has 0 spiro atoms. The average molecular weight is 235 g/mol. The topological polar surface area (TPSA) is 42.4 Å². The Hall–Kier alpha value is -0.930. The molecular weight excluding hydrogens is 214 g/mol. The second kappa shape index (κ2) is 5.15. The van der Waals surface area contributed by atoms with E-state index in [-0.39, 0.29) is 5.92 Å². The monoisotopic (exact) mass is 235 g/mol. The molecule has 3 nitrogen and oxygen atoms in total. The molecule has 3 heteroatoms. The zero-order valence-corrected chi connectivity index (χ0v) is 10.6. The van der Waals surface area contributed by atoms with Crippen molar-refractivity contribution in [3.05, 3.63) is 29.6 Å². The minimum atomic E-state index is -0.711. The number of aliphatic hydroxyl groups is 1. The molecule has 1 aliphatic rings. The standard InChI is InChI=1S/C14H21NO2/c1-3-11-4-5-13(15-9-11)8-14(2,16)12-6-7-17-10-12/h4-5,9,12,16H,3,6-8,10H2,1-2H3. The second-order valence-corrected chi connectivity index (χ2v) is 5.11. The van der Waals surface area contributed by atoms with Gasteiger partial charge < -0.3 is 9.84 Å². The van der Waals surface area contributed by atoms with Crippen molar-refractivity contribution >= 4 is 0 Å². The number of pyridine rings is 1. The van der Waals surface area contributed by atoms with Crippen LogP contribution in [0.25, 0.3) is 0 Å². The van der Waals surface area contributed by atoms with Gasteiger partial charge in [-0.2, -0.15) is 0 Å². The van der Waals surface area contributed by atoms with E-state index in [4.69, 9.17) is 4.74 Å². The van der Waals surface area contributed by atoms with E-state index in [0.29, 0.717) is 13.0 Å². The van der Waals surface area contributed by atoms with Gasteiger partial charge >= 0.3 is 0 Å². The fraction of sp³-hybridized carbons (Fsp3) is 0.643. The Morgan fingerprint density at radius 1 is 1.53 bits per heavy atom. The van der Waals surface area contributed by atoms with Crippen LogP contribution >= 0.6 is 0 Å². The number of ether oxygens (including phenoxy) is 1. The third kappa shape index (κ3) is 3.05. The Bertz CT molecular complexity index is 353. The molecule has 1 saturated heterocycles. The number of hydrogen-bond acceptors (Lipinski definition) is 3. The van der Waals surface area contributed by atoms with Crippen LogP contribution in [0.4, 0.5) is 0 Å². The maximum atomic E-state index is 10.5. The molecule has 2 unspecified atom stereocenters. The lowest BCUT2D eigenvalue weighted by molar-refractivity contribution is -0.00530. The van der Waals surface area contributed by atoms with Crippen molar-refractivity contribution in [1.82, 2.24) is 4.98 Å². The predicted octanol–water partition coefficient (Wildman–Crippen LogP) is 1.97. The molecule has 2 atom stereocenters. The Morgan fingerprint density at radius 2 is 2.35 bits per heavy atom. The summed E-state index contributed by atoms with van der Waals surface area (Å²) < 4.78 is 5.34. The van der Waals surface area contributed by atoms with Crippen LogP contribution in [0.3, 0.4) is 0 Å². The summed E-state index contributed by atoms with van der Waals surface area (Å²) in [6.07, 6.45) is 4.45.